The Labute approximate surface area is 183 Å². The molecule has 11 heteroatoms. The van der Waals surface area contributed by atoms with Crippen LogP contribution >= 0.6 is 11.5 Å². The first-order valence-corrected chi connectivity index (χ1v) is 11.3. The van der Waals surface area contributed by atoms with Crippen molar-refractivity contribution in [3.63, 3.8) is 0 Å². The molecular weight excluding hydrogens is 441 g/mol. The third-order valence-electron chi connectivity index (χ3n) is 4.49. The number of carbonyl (C=O) groups excluding carboxylic acids is 1. The summed E-state index contributed by atoms with van der Waals surface area (Å²) in [7, 11) is -4.06. The zero-order chi connectivity index (χ0) is 22.6. The van der Waals surface area contributed by atoms with Gasteiger partial charge in [0.25, 0.3) is 15.9 Å². The number of rotatable bonds is 7. The van der Waals surface area contributed by atoms with Crippen LogP contribution in [0, 0.1) is 17.1 Å². The van der Waals surface area contributed by atoms with Crippen LogP contribution in [0.4, 0.5) is 9.52 Å². The first-order valence-electron chi connectivity index (χ1n) is 9.00. The predicted octanol–water partition coefficient (Wildman–Crippen LogP) is 3.21. The Morgan fingerprint density at radius 1 is 1.23 bits per heavy atom. The van der Waals surface area contributed by atoms with E-state index in [2.05, 4.69) is 25.5 Å². The number of sulfonamides is 1. The Kier molecular flexibility index (Phi) is 6.33. The molecule has 2 N–H and O–H groups in total. The molecule has 31 heavy (non-hydrogen) atoms. The average molecular weight is 460 g/mol. The van der Waals surface area contributed by atoms with Crippen LogP contribution in [0.15, 0.2) is 53.7 Å². The summed E-state index contributed by atoms with van der Waals surface area (Å²) in [6.07, 6.45) is 1.19. The van der Waals surface area contributed by atoms with Gasteiger partial charge < -0.3 is 5.32 Å². The van der Waals surface area contributed by atoms with Crippen LogP contribution in [0.1, 0.15) is 35.3 Å². The molecule has 0 aliphatic heterocycles. The summed E-state index contributed by atoms with van der Waals surface area (Å²) >= 11 is 0.839. The van der Waals surface area contributed by atoms with Crippen LogP contribution in [0.25, 0.3) is 0 Å². The van der Waals surface area contributed by atoms with E-state index in [-0.39, 0.29) is 22.1 Å². The van der Waals surface area contributed by atoms with Gasteiger partial charge in [-0.25, -0.2) is 17.8 Å². The Hall–Kier alpha value is -3.36. The minimum absolute atomic E-state index is 0.0476. The molecule has 0 aliphatic carbocycles. The van der Waals surface area contributed by atoms with Gasteiger partial charge in [0, 0.05) is 18.1 Å². The fourth-order valence-electron chi connectivity index (χ4n) is 2.62. The third-order valence-corrected chi connectivity index (χ3v) is 6.53. The number of aromatic nitrogens is 2. The molecule has 1 heterocycles. The average Bonchev–Trinajstić information content (AvgIpc) is 3.24. The second kappa shape index (κ2) is 8.79. The first-order chi connectivity index (χ1) is 14.6. The van der Waals surface area contributed by atoms with Gasteiger partial charge in [-0.15, -0.1) is 0 Å². The number of halogens is 1. The maximum Gasteiger partial charge on any atom is 0.263 e. The van der Waals surface area contributed by atoms with Gasteiger partial charge in [0.05, 0.1) is 21.9 Å². The van der Waals surface area contributed by atoms with Gasteiger partial charge in [-0.1, -0.05) is 24.3 Å². The number of nitriles is 1. The summed E-state index contributed by atoms with van der Waals surface area (Å²) in [5, 5.41) is 11.8. The van der Waals surface area contributed by atoms with Gasteiger partial charge in [-0.05, 0) is 43.2 Å². The molecule has 0 atom stereocenters. The molecular formula is C20H18FN5O3S2. The SMILES string of the molecule is CC(C)(C#N)c1ccc(CNC(=O)c2ccc(S(=O)(=O)Nc3ncns3)cc2F)cc1. The molecule has 1 aromatic heterocycles. The Morgan fingerprint density at radius 3 is 2.52 bits per heavy atom. The number of hydrogen-bond donors (Lipinski definition) is 2. The summed E-state index contributed by atoms with van der Waals surface area (Å²) in [5.74, 6) is -1.65. The van der Waals surface area contributed by atoms with Crippen molar-refractivity contribution >= 4 is 32.6 Å². The molecule has 1 amide bonds. The van der Waals surface area contributed by atoms with E-state index in [0.717, 1.165) is 40.9 Å². The molecule has 0 saturated heterocycles. The predicted molar refractivity (Wildman–Crippen MR) is 113 cm³/mol. The minimum Gasteiger partial charge on any atom is -0.348 e. The summed E-state index contributed by atoms with van der Waals surface area (Å²) in [6.45, 7) is 3.75. The summed E-state index contributed by atoms with van der Waals surface area (Å²) in [5.41, 5.74) is 0.705. The highest BCUT2D eigenvalue weighted by molar-refractivity contribution is 7.93. The number of nitrogens with zero attached hydrogens (tertiary/aromatic N) is 3. The number of anilines is 1. The van der Waals surface area contributed by atoms with Gasteiger partial charge in [-0.3, -0.25) is 9.52 Å². The lowest BCUT2D eigenvalue weighted by Gasteiger charge is -2.16. The highest BCUT2D eigenvalue weighted by atomic mass is 32.2. The molecule has 0 radical (unpaired) electrons. The van der Waals surface area contributed by atoms with Crippen molar-refractivity contribution < 1.29 is 17.6 Å². The lowest BCUT2D eigenvalue weighted by Crippen LogP contribution is -2.24. The highest BCUT2D eigenvalue weighted by Gasteiger charge is 2.21. The van der Waals surface area contributed by atoms with Crippen LogP contribution < -0.4 is 10.0 Å². The molecule has 160 valence electrons. The van der Waals surface area contributed by atoms with Crippen molar-refractivity contribution in [2.24, 2.45) is 0 Å². The molecule has 0 spiro atoms. The van der Waals surface area contributed by atoms with Gasteiger partial charge in [-0.2, -0.15) is 9.64 Å². The maximum atomic E-state index is 14.4. The molecule has 2 aromatic carbocycles. The van der Waals surface area contributed by atoms with Gasteiger partial charge in [0.2, 0.25) is 5.13 Å². The third kappa shape index (κ3) is 5.22. The lowest BCUT2D eigenvalue weighted by atomic mass is 9.86. The molecule has 3 aromatic rings. The largest absolute Gasteiger partial charge is 0.348 e. The van der Waals surface area contributed by atoms with E-state index in [9.17, 15) is 22.9 Å². The molecule has 0 fully saturated rings. The van der Waals surface area contributed by atoms with Gasteiger partial charge in [0.15, 0.2) is 0 Å². The minimum atomic E-state index is -4.06. The Bertz CT molecular complexity index is 1230. The highest BCUT2D eigenvalue weighted by Crippen LogP contribution is 2.22. The van der Waals surface area contributed by atoms with E-state index >= 15 is 0 Å². The second-order valence-electron chi connectivity index (χ2n) is 7.11. The van der Waals surface area contributed by atoms with Gasteiger partial charge >= 0.3 is 0 Å². The summed E-state index contributed by atoms with van der Waals surface area (Å²) in [6, 6.07) is 12.4. The molecule has 0 saturated carbocycles. The number of hydrogen-bond acceptors (Lipinski definition) is 7. The zero-order valence-electron chi connectivity index (χ0n) is 16.6. The number of carbonyl (C=O) groups is 1. The number of amides is 1. The zero-order valence-corrected chi connectivity index (χ0v) is 18.2. The lowest BCUT2D eigenvalue weighted by molar-refractivity contribution is 0.0946. The number of nitrogens with one attached hydrogen (secondary N) is 2. The Morgan fingerprint density at radius 2 is 1.94 bits per heavy atom. The first kappa shape index (κ1) is 22.3. The number of benzene rings is 2. The van der Waals surface area contributed by atoms with Crippen molar-refractivity contribution in [2.75, 3.05) is 4.72 Å². The van der Waals surface area contributed by atoms with Crippen LogP contribution in [-0.4, -0.2) is 23.7 Å². The Balaban J connectivity index is 1.68. The monoisotopic (exact) mass is 459 g/mol. The van der Waals surface area contributed by atoms with E-state index in [1.54, 1.807) is 38.1 Å². The molecule has 0 aliphatic rings. The van der Waals surface area contributed by atoms with Crippen molar-refractivity contribution in [1.82, 2.24) is 14.7 Å². The molecule has 0 bridgehead atoms. The molecule has 0 unspecified atom stereocenters. The topological polar surface area (TPSA) is 125 Å². The van der Waals surface area contributed by atoms with Crippen LogP contribution in [0.2, 0.25) is 0 Å². The van der Waals surface area contributed by atoms with E-state index in [4.69, 9.17) is 0 Å². The van der Waals surface area contributed by atoms with Gasteiger partial charge in [0.1, 0.15) is 12.1 Å². The van der Waals surface area contributed by atoms with E-state index in [1.165, 1.54) is 6.33 Å². The quantitative estimate of drug-likeness (QED) is 0.559. The summed E-state index contributed by atoms with van der Waals surface area (Å²) in [4.78, 5) is 15.7. The molecule has 8 nitrogen and oxygen atoms in total. The smallest absolute Gasteiger partial charge is 0.263 e. The summed E-state index contributed by atoms with van der Waals surface area (Å²) < 4.78 is 44.9. The van der Waals surface area contributed by atoms with Crippen LogP contribution in [0.5, 0.6) is 0 Å². The van der Waals surface area contributed by atoms with Crippen molar-refractivity contribution in [1.29, 1.82) is 5.26 Å². The second-order valence-corrected chi connectivity index (χ2v) is 9.57. The standard InChI is InChI=1S/C20H18FN5O3S2/c1-20(2,11-22)14-5-3-13(4-6-14)10-23-18(27)16-8-7-15(9-17(16)21)31(28,29)26-19-24-12-25-30-19/h3-9,12H,10H2,1-2H3,(H,23,27)(H,24,25,26). The van der Waals surface area contributed by atoms with Crippen LogP contribution in [0.3, 0.4) is 0 Å². The fourth-order valence-corrected chi connectivity index (χ4v) is 4.29. The van der Waals surface area contributed by atoms with Crippen LogP contribution in [-0.2, 0) is 22.0 Å². The maximum absolute atomic E-state index is 14.4. The van der Waals surface area contributed by atoms with E-state index < -0.39 is 27.2 Å². The molecule has 3 rings (SSSR count). The van der Waals surface area contributed by atoms with Crippen molar-refractivity contribution in [3.8, 4) is 6.07 Å². The van der Waals surface area contributed by atoms with E-state index in [1.807, 2.05) is 0 Å². The van der Waals surface area contributed by atoms with Crippen molar-refractivity contribution in [2.45, 2.75) is 30.7 Å². The fraction of sp³-hybridized carbons (Fsp3) is 0.200. The van der Waals surface area contributed by atoms with E-state index in [0.29, 0.717) is 0 Å². The van der Waals surface area contributed by atoms with Crippen molar-refractivity contribution in [3.05, 3.63) is 71.3 Å². The normalized spacial score (nSPS) is 11.5.